The Hall–Kier alpha value is -1.42. The van der Waals surface area contributed by atoms with E-state index in [4.69, 9.17) is 0 Å². The van der Waals surface area contributed by atoms with Crippen LogP contribution in [0, 0.1) is 6.92 Å². The molecule has 0 amide bonds. The molecule has 1 heterocycles. The third-order valence-corrected chi connectivity index (χ3v) is 3.65. The average Bonchev–Trinajstić information content (AvgIpc) is 2.29. The largest absolute Gasteiger partial charge is 0.481 e. The van der Waals surface area contributed by atoms with Gasteiger partial charge in [-0.3, -0.25) is 9.78 Å². The number of hydrogen-bond acceptors (Lipinski definition) is 2. The number of hydrogen-bond donors (Lipinski definition) is 1. The summed E-state index contributed by atoms with van der Waals surface area (Å²) in [5, 5.41) is 10.3. The van der Waals surface area contributed by atoms with Crippen LogP contribution < -0.4 is 0 Å². The van der Waals surface area contributed by atoms with Gasteiger partial charge in [0.25, 0.3) is 0 Å². The van der Waals surface area contributed by atoms with Gasteiger partial charge in [-0.15, -0.1) is 0 Å². The number of rotatable bonds is 2. The van der Waals surface area contributed by atoms with Gasteiger partial charge in [0.15, 0.2) is 0 Å². The van der Waals surface area contributed by atoms with E-state index in [1.807, 2.05) is 31.2 Å². The first-order valence-electron chi connectivity index (χ1n) is 5.63. The molecule has 0 aliphatic rings. The van der Waals surface area contributed by atoms with Crippen LogP contribution in [0.5, 0.6) is 0 Å². The number of carbonyl (C=O) groups is 1. The highest BCUT2D eigenvalue weighted by Gasteiger charge is 2.31. The molecule has 0 atom stereocenters. The van der Waals surface area contributed by atoms with Crippen LogP contribution in [0.25, 0.3) is 10.9 Å². The Kier molecular flexibility index (Phi) is 3.15. The Bertz CT molecular complexity index is 635. The van der Waals surface area contributed by atoms with E-state index >= 15 is 0 Å². The van der Waals surface area contributed by atoms with Crippen molar-refractivity contribution in [1.82, 2.24) is 4.98 Å². The van der Waals surface area contributed by atoms with Crippen LogP contribution in [0.4, 0.5) is 0 Å². The van der Waals surface area contributed by atoms with Crippen molar-refractivity contribution in [3.8, 4) is 0 Å². The Labute approximate surface area is 114 Å². The molecule has 1 N–H and O–H groups in total. The average molecular weight is 308 g/mol. The zero-order valence-corrected chi connectivity index (χ0v) is 12.1. The lowest BCUT2D eigenvalue weighted by molar-refractivity contribution is -0.142. The highest BCUT2D eigenvalue weighted by molar-refractivity contribution is 9.10. The van der Waals surface area contributed by atoms with Crippen LogP contribution >= 0.6 is 15.9 Å². The van der Waals surface area contributed by atoms with E-state index in [-0.39, 0.29) is 0 Å². The third-order valence-electron chi connectivity index (χ3n) is 3.15. The molecule has 4 heteroatoms. The first-order valence-corrected chi connectivity index (χ1v) is 6.42. The molecular formula is C14H14BrNO2. The molecule has 18 heavy (non-hydrogen) atoms. The summed E-state index contributed by atoms with van der Waals surface area (Å²) >= 11 is 3.43. The molecule has 2 rings (SSSR count). The van der Waals surface area contributed by atoms with Crippen molar-refractivity contribution in [3.63, 3.8) is 0 Å². The summed E-state index contributed by atoms with van der Waals surface area (Å²) in [7, 11) is 0. The van der Waals surface area contributed by atoms with Crippen molar-refractivity contribution < 1.29 is 9.90 Å². The van der Waals surface area contributed by atoms with E-state index in [0.29, 0.717) is 5.69 Å². The van der Waals surface area contributed by atoms with E-state index in [2.05, 4.69) is 20.9 Å². The lowest BCUT2D eigenvalue weighted by Gasteiger charge is -2.19. The molecule has 0 aliphatic carbocycles. The monoisotopic (exact) mass is 307 g/mol. The van der Waals surface area contributed by atoms with Gasteiger partial charge in [0.05, 0.1) is 11.2 Å². The minimum absolute atomic E-state index is 0.585. The van der Waals surface area contributed by atoms with Crippen LogP contribution in [0.2, 0.25) is 0 Å². The van der Waals surface area contributed by atoms with E-state index in [1.165, 1.54) is 0 Å². The summed E-state index contributed by atoms with van der Waals surface area (Å²) in [5.41, 5.74) is 1.46. The number of benzene rings is 1. The lowest BCUT2D eigenvalue weighted by atomic mass is 9.87. The van der Waals surface area contributed by atoms with E-state index in [9.17, 15) is 9.90 Å². The summed E-state index contributed by atoms with van der Waals surface area (Å²) in [6.45, 7) is 5.31. The van der Waals surface area contributed by atoms with Gasteiger partial charge >= 0.3 is 5.97 Å². The Balaban J connectivity index is 2.70. The minimum atomic E-state index is -0.980. The van der Waals surface area contributed by atoms with Crippen molar-refractivity contribution >= 4 is 32.8 Å². The molecule has 1 aromatic heterocycles. The molecule has 2 aromatic rings. The van der Waals surface area contributed by atoms with E-state index in [0.717, 1.165) is 20.9 Å². The second kappa shape index (κ2) is 4.35. The van der Waals surface area contributed by atoms with Crippen LogP contribution in [0.3, 0.4) is 0 Å². The molecule has 0 unspecified atom stereocenters. The molecule has 0 aliphatic heterocycles. The van der Waals surface area contributed by atoms with Gasteiger partial charge in [-0.25, -0.2) is 0 Å². The van der Waals surface area contributed by atoms with Gasteiger partial charge in [0, 0.05) is 9.86 Å². The summed E-state index contributed by atoms with van der Waals surface area (Å²) in [4.78, 5) is 15.7. The predicted molar refractivity (Wildman–Crippen MR) is 74.8 cm³/mol. The Morgan fingerprint density at radius 1 is 1.33 bits per heavy atom. The maximum absolute atomic E-state index is 11.3. The molecule has 0 bridgehead atoms. The Morgan fingerprint density at radius 2 is 2.00 bits per heavy atom. The number of pyridine rings is 1. The minimum Gasteiger partial charge on any atom is -0.481 e. The smallest absolute Gasteiger partial charge is 0.315 e. The fourth-order valence-electron chi connectivity index (χ4n) is 1.80. The van der Waals surface area contributed by atoms with Gasteiger partial charge < -0.3 is 5.11 Å². The zero-order valence-electron chi connectivity index (χ0n) is 10.5. The first-order chi connectivity index (χ1) is 8.32. The van der Waals surface area contributed by atoms with Crippen LogP contribution in [0.1, 0.15) is 25.1 Å². The van der Waals surface area contributed by atoms with Gasteiger partial charge in [0.1, 0.15) is 5.41 Å². The van der Waals surface area contributed by atoms with Crippen LogP contribution in [0.15, 0.2) is 28.7 Å². The Morgan fingerprint density at radius 3 is 2.61 bits per heavy atom. The molecule has 0 fully saturated rings. The molecular weight excluding hydrogens is 294 g/mol. The standard InChI is InChI=1S/C14H14BrNO2/c1-8-6-12(14(2,3)13(17)18)16-11-5-4-9(15)7-10(8)11/h4-7H,1-3H3,(H,17,18). The van der Waals surface area contributed by atoms with E-state index in [1.54, 1.807) is 13.8 Å². The van der Waals surface area contributed by atoms with Gasteiger partial charge in [-0.05, 0) is 50.6 Å². The summed E-state index contributed by atoms with van der Waals surface area (Å²) in [6.07, 6.45) is 0. The molecule has 0 saturated carbocycles. The topological polar surface area (TPSA) is 50.2 Å². The first kappa shape index (κ1) is 13.0. The quantitative estimate of drug-likeness (QED) is 0.921. The number of halogens is 1. The normalized spacial score (nSPS) is 11.8. The molecule has 3 nitrogen and oxygen atoms in total. The van der Waals surface area contributed by atoms with Gasteiger partial charge in [-0.1, -0.05) is 15.9 Å². The van der Waals surface area contributed by atoms with Crippen molar-refractivity contribution in [1.29, 1.82) is 0 Å². The highest BCUT2D eigenvalue weighted by atomic mass is 79.9. The van der Waals surface area contributed by atoms with Crippen molar-refractivity contribution in [3.05, 3.63) is 40.0 Å². The lowest BCUT2D eigenvalue weighted by Crippen LogP contribution is -2.29. The molecule has 0 radical (unpaired) electrons. The summed E-state index contributed by atoms with van der Waals surface area (Å²) in [5.74, 6) is -0.870. The van der Waals surface area contributed by atoms with Gasteiger partial charge in [0.2, 0.25) is 0 Å². The maximum Gasteiger partial charge on any atom is 0.315 e. The van der Waals surface area contributed by atoms with Crippen LogP contribution in [-0.4, -0.2) is 16.1 Å². The highest BCUT2D eigenvalue weighted by Crippen LogP contribution is 2.28. The molecule has 1 aromatic carbocycles. The summed E-state index contributed by atoms with van der Waals surface area (Å²) in [6, 6.07) is 7.65. The number of fused-ring (bicyclic) bond motifs is 1. The molecule has 0 saturated heterocycles. The number of nitrogens with zero attached hydrogens (tertiary/aromatic N) is 1. The molecule has 94 valence electrons. The zero-order chi connectivity index (χ0) is 13.5. The predicted octanol–water partition coefficient (Wildman–Crippen LogP) is 3.67. The van der Waals surface area contributed by atoms with Gasteiger partial charge in [-0.2, -0.15) is 0 Å². The fourth-order valence-corrected chi connectivity index (χ4v) is 2.16. The van der Waals surface area contributed by atoms with Crippen molar-refractivity contribution in [2.24, 2.45) is 0 Å². The number of aryl methyl sites for hydroxylation is 1. The third kappa shape index (κ3) is 2.12. The number of carboxylic acid groups (broad SMARTS) is 1. The molecule has 0 spiro atoms. The number of aliphatic carboxylic acids is 1. The maximum atomic E-state index is 11.3. The van der Waals surface area contributed by atoms with Crippen molar-refractivity contribution in [2.45, 2.75) is 26.2 Å². The van der Waals surface area contributed by atoms with Crippen molar-refractivity contribution in [2.75, 3.05) is 0 Å². The second-order valence-corrected chi connectivity index (χ2v) is 5.83. The second-order valence-electron chi connectivity index (χ2n) is 4.92. The SMILES string of the molecule is Cc1cc(C(C)(C)C(=O)O)nc2ccc(Br)cc12. The number of carboxylic acids is 1. The fraction of sp³-hybridized carbons (Fsp3) is 0.286. The number of aromatic nitrogens is 1. The summed E-state index contributed by atoms with van der Waals surface area (Å²) < 4.78 is 0.991. The van der Waals surface area contributed by atoms with Crippen LogP contribution in [-0.2, 0) is 10.2 Å². The van der Waals surface area contributed by atoms with E-state index < -0.39 is 11.4 Å².